The first-order chi connectivity index (χ1) is 10.1. The Morgan fingerprint density at radius 1 is 1.29 bits per heavy atom. The Balaban J connectivity index is 1.99. The van der Waals surface area contributed by atoms with E-state index in [0.29, 0.717) is 0 Å². The van der Waals surface area contributed by atoms with Gasteiger partial charge < -0.3 is 14.7 Å². The van der Waals surface area contributed by atoms with Crippen molar-refractivity contribution in [2.24, 2.45) is 0 Å². The van der Waals surface area contributed by atoms with Crippen LogP contribution in [-0.4, -0.2) is 60.5 Å². The summed E-state index contributed by atoms with van der Waals surface area (Å²) in [7, 11) is 2.06. The quantitative estimate of drug-likeness (QED) is 0.820. The van der Waals surface area contributed by atoms with Gasteiger partial charge in [-0.25, -0.2) is 9.97 Å². The number of carbonyl (C=O) groups is 1. The fraction of sp³-hybridized carbons (Fsp3) is 0.667. The predicted molar refractivity (Wildman–Crippen MR) is 84.7 cm³/mol. The second kappa shape index (κ2) is 7.24. The van der Waals surface area contributed by atoms with Gasteiger partial charge in [-0.05, 0) is 6.42 Å². The Labute approximate surface area is 126 Å². The summed E-state index contributed by atoms with van der Waals surface area (Å²) in [6.45, 7) is 8.00. The number of aromatic nitrogens is 2. The standard InChI is InChI=1S/C15H25N5O/c1-4-5-6-18(3)14-11-15(17-12-16-14)20-9-7-19(8-10-20)13(2)21/h11-12H,4-10H2,1-3H3. The van der Waals surface area contributed by atoms with Crippen LogP contribution in [-0.2, 0) is 4.79 Å². The normalized spacial score (nSPS) is 15.2. The zero-order valence-electron chi connectivity index (χ0n) is 13.2. The zero-order valence-corrected chi connectivity index (χ0v) is 13.2. The summed E-state index contributed by atoms with van der Waals surface area (Å²) >= 11 is 0. The second-order valence-electron chi connectivity index (χ2n) is 5.50. The maximum absolute atomic E-state index is 11.4. The SMILES string of the molecule is CCCCN(C)c1cc(N2CCN(C(C)=O)CC2)ncn1. The Morgan fingerprint density at radius 3 is 2.62 bits per heavy atom. The van der Waals surface area contributed by atoms with Crippen LogP contribution >= 0.6 is 0 Å². The lowest BCUT2D eigenvalue weighted by atomic mass is 10.3. The van der Waals surface area contributed by atoms with Gasteiger partial charge in [-0.1, -0.05) is 13.3 Å². The lowest BCUT2D eigenvalue weighted by Gasteiger charge is -2.35. The summed E-state index contributed by atoms with van der Waals surface area (Å²) in [5, 5.41) is 0. The number of unbranched alkanes of at least 4 members (excludes halogenated alkanes) is 1. The average Bonchev–Trinajstić information content (AvgIpc) is 2.52. The largest absolute Gasteiger partial charge is 0.360 e. The Bertz CT molecular complexity index is 471. The maximum Gasteiger partial charge on any atom is 0.219 e. The summed E-state index contributed by atoms with van der Waals surface area (Å²) in [4.78, 5) is 26.4. The highest BCUT2D eigenvalue weighted by molar-refractivity contribution is 5.73. The molecule has 1 amide bonds. The van der Waals surface area contributed by atoms with Gasteiger partial charge in [0.15, 0.2) is 0 Å². The van der Waals surface area contributed by atoms with Crippen molar-refractivity contribution < 1.29 is 4.79 Å². The number of piperazine rings is 1. The van der Waals surface area contributed by atoms with Gasteiger partial charge in [0.2, 0.25) is 5.91 Å². The van der Waals surface area contributed by atoms with E-state index in [4.69, 9.17) is 0 Å². The second-order valence-corrected chi connectivity index (χ2v) is 5.50. The number of nitrogens with zero attached hydrogens (tertiary/aromatic N) is 5. The maximum atomic E-state index is 11.4. The van der Waals surface area contributed by atoms with Crippen molar-refractivity contribution in [3.8, 4) is 0 Å². The molecule has 1 aromatic heterocycles. The van der Waals surface area contributed by atoms with Gasteiger partial charge in [-0.2, -0.15) is 0 Å². The summed E-state index contributed by atoms with van der Waals surface area (Å²) < 4.78 is 0. The number of rotatable bonds is 5. The molecule has 1 aliphatic heterocycles. The third-order valence-corrected chi connectivity index (χ3v) is 3.93. The molecule has 2 heterocycles. The van der Waals surface area contributed by atoms with E-state index >= 15 is 0 Å². The number of hydrogen-bond acceptors (Lipinski definition) is 5. The third-order valence-electron chi connectivity index (χ3n) is 3.93. The molecule has 2 rings (SSSR count). The number of anilines is 2. The van der Waals surface area contributed by atoms with E-state index in [-0.39, 0.29) is 5.91 Å². The van der Waals surface area contributed by atoms with Crippen LogP contribution in [0, 0.1) is 0 Å². The van der Waals surface area contributed by atoms with Crippen LogP contribution in [0.3, 0.4) is 0 Å². The molecule has 21 heavy (non-hydrogen) atoms. The summed E-state index contributed by atoms with van der Waals surface area (Å²) in [6, 6.07) is 2.04. The molecule has 0 bridgehead atoms. The van der Waals surface area contributed by atoms with Crippen molar-refractivity contribution in [3.05, 3.63) is 12.4 Å². The molecule has 1 aromatic rings. The van der Waals surface area contributed by atoms with E-state index in [1.807, 2.05) is 11.0 Å². The van der Waals surface area contributed by atoms with Gasteiger partial charge in [0.1, 0.15) is 18.0 Å². The molecular weight excluding hydrogens is 266 g/mol. The Kier molecular flexibility index (Phi) is 5.36. The monoisotopic (exact) mass is 291 g/mol. The molecule has 0 unspecified atom stereocenters. The predicted octanol–water partition coefficient (Wildman–Crippen LogP) is 1.38. The molecule has 0 aromatic carbocycles. The van der Waals surface area contributed by atoms with E-state index in [2.05, 4.69) is 33.7 Å². The van der Waals surface area contributed by atoms with Crippen LogP contribution in [0.1, 0.15) is 26.7 Å². The molecule has 1 fully saturated rings. The smallest absolute Gasteiger partial charge is 0.219 e. The van der Waals surface area contributed by atoms with Gasteiger partial charge in [0, 0.05) is 52.8 Å². The van der Waals surface area contributed by atoms with E-state index in [0.717, 1.165) is 50.8 Å². The molecule has 1 saturated heterocycles. The van der Waals surface area contributed by atoms with Gasteiger partial charge in [-0.15, -0.1) is 0 Å². The minimum atomic E-state index is 0.150. The van der Waals surface area contributed by atoms with Crippen LogP contribution in [0.2, 0.25) is 0 Å². The summed E-state index contributed by atoms with van der Waals surface area (Å²) in [5.41, 5.74) is 0. The van der Waals surface area contributed by atoms with Crippen molar-refractivity contribution in [3.63, 3.8) is 0 Å². The van der Waals surface area contributed by atoms with Gasteiger partial charge in [0.05, 0.1) is 0 Å². The number of carbonyl (C=O) groups excluding carboxylic acids is 1. The first-order valence-corrected chi connectivity index (χ1v) is 7.65. The van der Waals surface area contributed by atoms with Crippen LogP contribution in [0.4, 0.5) is 11.6 Å². The summed E-state index contributed by atoms with van der Waals surface area (Å²) in [5.74, 6) is 2.06. The van der Waals surface area contributed by atoms with Crippen LogP contribution in [0.15, 0.2) is 12.4 Å². The van der Waals surface area contributed by atoms with Crippen molar-refractivity contribution in [2.75, 3.05) is 49.6 Å². The van der Waals surface area contributed by atoms with Crippen molar-refractivity contribution in [1.82, 2.24) is 14.9 Å². The fourth-order valence-corrected chi connectivity index (χ4v) is 2.48. The lowest BCUT2D eigenvalue weighted by molar-refractivity contribution is -0.129. The Hall–Kier alpha value is -1.85. The third kappa shape index (κ3) is 4.06. The molecule has 0 atom stereocenters. The molecule has 0 N–H and O–H groups in total. The molecular formula is C15H25N5O. The van der Waals surface area contributed by atoms with Crippen molar-refractivity contribution >= 4 is 17.5 Å². The van der Waals surface area contributed by atoms with Gasteiger partial charge in [0.25, 0.3) is 0 Å². The molecule has 6 nitrogen and oxygen atoms in total. The molecule has 0 spiro atoms. The molecule has 6 heteroatoms. The average molecular weight is 291 g/mol. The van der Waals surface area contributed by atoms with E-state index < -0.39 is 0 Å². The first kappa shape index (κ1) is 15.5. The number of amides is 1. The van der Waals surface area contributed by atoms with Crippen LogP contribution in [0.25, 0.3) is 0 Å². The molecule has 116 valence electrons. The molecule has 0 radical (unpaired) electrons. The highest BCUT2D eigenvalue weighted by Crippen LogP contribution is 2.18. The van der Waals surface area contributed by atoms with E-state index in [9.17, 15) is 4.79 Å². The minimum Gasteiger partial charge on any atom is -0.360 e. The van der Waals surface area contributed by atoms with Crippen molar-refractivity contribution in [1.29, 1.82) is 0 Å². The lowest BCUT2D eigenvalue weighted by Crippen LogP contribution is -2.48. The highest BCUT2D eigenvalue weighted by Gasteiger charge is 2.20. The fourth-order valence-electron chi connectivity index (χ4n) is 2.48. The van der Waals surface area contributed by atoms with E-state index in [1.165, 1.54) is 6.42 Å². The highest BCUT2D eigenvalue weighted by atomic mass is 16.2. The van der Waals surface area contributed by atoms with Gasteiger partial charge >= 0.3 is 0 Å². The molecule has 0 saturated carbocycles. The Morgan fingerprint density at radius 2 is 2.00 bits per heavy atom. The van der Waals surface area contributed by atoms with E-state index in [1.54, 1.807) is 13.3 Å². The number of hydrogen-bond donors (Lipinski definition) is 0. The first-order valence-electron chi connectivity index (χ1n) is 7.65. The topological polar surface area (TPSA) is 52.6 Å². The van der Waals surface area contributed by atoms with Crippen LogP contribution in [0.5, 0.6) is 0 Å². The zero-order chi connectivity index (χ0) is 15.2. The summed E-state index contributed by atoms with van der Waals surface area (Å²) in [6.07, 6.45) is 3.97. The minimum absolute atomic E-state index is 0.150. The van der Waals surface area contributed by atoms with Crippen molar-refractivity contribution in [2.45, 2.75) is 26.7 Å². The molecule has 1 aliphatic rings. The van der Waals surface area contributed by atoms with Crippen LogP contribution < -0.4 is 9.80 Å². The van der Waals surface area contributed by atoms with Gasteiger partial charge in [-0.3, -0.25) is 4.79 Å². The molecule has 0 aliphatic carbocycles.